The van der Waals surface area contributed by atoms with Crippen LogP contribution in [-0.2, 0) is 17.9 Å². The van der Waals surface area contributed by atoms with E-state index in [0.717, 1.165) is 35.8 Å². The van der Waals surface area contributed by atoms with Gasteiger partial charge in [-0.25, -0.2) is 14.3 Å². The highest BCUT2D eigenvalue weighted by atomic mass is 16.2. The Balaban J connectivity index is 1.93. The summed E-state index contributed by atoms with van der Waals surface area (Å²) in [4.78, 5) is 44.6. The zero-order valence-electron chi connectivity index (χ0n) is 16.7. The number of amides is 1. The van der Waals surface area contributed by atoms with Crippen molar-refractivity contribution in [3.05, 3.63) is 63.1 Å². The van der Waals surface area contributed by atoms with Crippen molar-refractivity contribution in [2.24, 2.45) is 0 Å². The molecule has 1 fully saturated rings. The Labute approximate surface area is 168 Å². The molecule has 0 unspecified atom stereocenters. The maximum absolute atomic E-state index is 13.3. The standard InChI is InChI=1S/C21H25N5O3/c1-23(2)17(27)13-25-20(28)18-19(22-14-26(18)16-10-6-7-11-16)24(21(25)29)12-15-8-4-3-5-9-15/h3-5,8-9,14,16H,6-7,10-13H2,1-2H3. The molecule has 0 spiro atoms. The molecule has 1 amide bonds. The van der Waals surface area contributed by atoms with Crippen LogP contribution >= 0.6 is 0 Å². The first kappa shape index (κ1) is 19.2. The molecule has 8 heteroatoms. The van der Waals surface area contributed by atoms with E-state index in [0.29, 0.717) is 11.2 Å². The van der Waals surface area contributed by atoms with Crippen LogP contribution in [0, 0.1) is 0 Å². The van der Waals surface area contributed by atoms with Crippen LogP contribution < -0.4 is 11.2 Å². The molecule has 0 radical (unpaired) electrons. The number of hydrogen-bond donors (Lipinski definition) is 0. The summed E-state index contributed by atoms with van der Waals surface area (Å²) >= 11 is 0. The Hall–Kier alpha value is -3.16. The number of carbonyl (C=O) groups is 1. The van der Waals surface area contributed by atoms with Crippen molar-refractivity contribution >= 4 is 17.1 Å². The van der Waals surface area contributed by atoms with Crippen LogP contribution in [0.15, 0.2) is 46.2 Å². The molecule has 2 aromatic heterocycles. The summed E-state index contributed by atoms with van der Waals surface area (Å²) in [6, 6.07) is 9.76. The highest BCUT2D eigenvalue weighted by Gasteiger charge is 2.25. The monoisotopic (exact) mass is 395 g/mol. The molecule has 8 nitrogen and oxygen atoms in total. The second-order valence-electron chi connectivity index (χ2n) is 7.80. The minimum atomic E-state index is -0.516. The lowest BCUT2D eigenvalue weighted by atomic mass is 10.2. The molecular weight excluding hydrogens is 370 g/mol. The molecule has 1 aliphatic rings. The maximum atomic E-state index is 13.3. The zero-order chi connectivity index (χ0) is 20.5. The van der Waals surface area contributed by atoms with Crippen molar-refractivity contribution in [3.8, 4) is 0 Å². The van der Waals surface area contributed by atoms with Crippen LogP contribution in [0.1, 0.15) is 37.3 Å². The molecule has 1 saturated carbocycles. The van der Waals surface area contributed by atoms with E-state index in [9.17, 15) is 14.4 Å². The van der Waals surface area contributed by atoms with Gasteiger partial charge in [-0.15, -0.1) is 0 Å². The fraction of sp³-hybridized carbons (Fsp3) is 0.429. The summed E-state index contributed by atoms with van der Waals surface area (Å²) in [5.74, 6) is -0.304. The molecule has 3 aromatic rings. The average Bonchev–Trinajstić information content (AvgIpc) is 3.38. The topological polar surface area (TPSA) is 82.1 Å². The van der Waals surface area contributed by atoms with Gasteiger partial charge in [0.1, 0.15) is 6.54 Å². The van der Waals surface area contributed by atoms with Gasteiger partial charge in [-0.2, -0.15) is 0 Å². The molecule has 0 bridgehead atoms. The van der Waals surface area contributed by atoms with Gasteiger partial charge in [-0.1, -0.05) is 43.2 Å². The van der Waals surface area contributed by atoms with E-state index >= 15 is 0 Å². The summed E-state index contributed by atoms with van der Waals surface area (Å²) < 4.78 is 4.45. The van der Waals surface area contributed by atoms with Crippen molar-refractivity contribution in [3.63, 3.8) is 0 Å². The molecule has 0 N–H and O–H groups in total. The van der Waals surface area contributed by atoms with Gasteiger partial charge in [0.05, 0.1) is 12.9 Å². The third-order valence-electron chi connectivity index (χ3n) is 5.63. The third-order valence-corrected chi connectivity index (χ3v) is 5.63. The van der Waals surface area contributed by atoms with E-state index in [2.05, 4.69) is 4.98 Å². The maximum Gasteiger partial charge on any atom is 0.333 e. The van der Waals surface area contributed by atoms with Crippen LogP contribution in [0.5, 0.6) is 0 Å². The van der Waals surface area contributed by atoms with E-state index in [-0.39, 0.29) is 25.0 Å². The highest BCUT2D eigenvalue weighted by molar-refractivity contribution is 5.76. The molecule has 2 heterocycles. The minimum Gasteiger partial charge on any atom is -0.347 e. The minimum absolute atomic E-state index is 0.202. The average molecular weight is 395 g/mol. The summed E-state index contributed by atoms with van der Waals surface area (Å²) in [6.07, 6.45) is 5.86. The molecule has 0 aliphatic heterocycles. The largest absolute Gasteiger partial charge is 0.347 e. The molecule has 152 valence electrons. The van der Waals surface area contributed by atoms with Crippen LogP contribution in [0.25, 0.3) is 11.2 Å². The van der Waals surface area contributed by atoms with Crippen LogP contribution in [-0.4, -0.2) is 43.6 Å². The number of imidazole rings is 1. The van der Waals surface area contributed by atoms with Gasteiger partial charge >= 0.3 is 5.69 Å². The van der Waals surface area contributed by atoms with Crippen molar-refractivity contribution in [2.75, 3.05) is 14.1 Å². The fourth-order valence-electron chi connectivity index (χ4n) is 3.99. The summed E-state index contributed by atoms with van der Waals surface area (Å²) in [6.45, 7) is -0.000465. The third kappa shape index (κ3) is 3.50. The van der Waals surface area contributed by atoms with E-state index in [1.165, 1.54) is 9.47 Å². The van der Waals surface area contributed by atoms with E-state index in [1.54, 1.807) is 20.4 Å². The lowest BCUT2D eigenvalue weighted by Crippen LogP contribution is -2.44. The number of benzene rings is 1. The van der Waals surface area contributed by atoms with Gasteiger partial charge in [-0.05, 0) is 18.4 Å². The van der Waals surface area contributed by atoms with E-state index in [1.807, 2.05) is 34.9 Å². The molecule has 4 rings (SSSR count). The molecule has 29 heavy (non-hydrogen) atoms. The van der Waals surface area contributed by atoms with Gasteiger partial charge < -0.3 is 9.47 Å². The highest BCUT2D eigenvalue weighted by Crippen LogP contribution is 2.31. The first-order valence-corrected chi connectivity index (χ1v) is 9.91. The Morgan fingerprint density at radius 2 is 1.79 bits per heavy atom. The fourth-order valence-corrected chi connectivity index (χ4v) is 3.99. The van der Waals surface area contributed by atoms with Crippen molar-refractivity contribution in [1.29, 1.82) is 0 Å². The van der Waals surface area contributed by atoms with Gasteiger partial charge in [0.2, 0.25) is 5.91 Å². The number of aromatic nitrogens is 4. The lowest BCUT2D eigenvalue weighted by Gasteiger charge is -2.16. The predicted octanol–water partition coefficient (Wildman–Crippen LogP) is 1.61. The molecule has 0 atom stereocenters. The van der Waals surface area contributed by atoms with Crippen LogP contribution in [0.2, 0.25) is 0 Å². The Kier molecular flexibility index (Phi) is 5.08. The van der Waals surface area contributed by atoms with Crippen LogP contribution in [0.3, 0.4) is 0 Å². The molecule has 1 aliphatic carbocycles. The SMILES string of the molecule is CN(C)C(=O)Cn1c(=O)c2c(ncn2C2CCCC2)n(Cc2ccccc2)c1=O. The second kappa shape index (κ2) is 7.69. The number of carbonyl (C=O) groups excluding carboxylic acids is 1. The summed E-state index contributed by atoms with van der Waals surface area (Å²) in [5.41, 5.74) is 0.742. The number of rotatable bonds is 5. The number of fused-ring (bicyclic) bond motifs is 1. The Morgan fingerprint density at radius 3 is 2.45 bits per heavy atom. The number of nitrogens with zero attached hydrogens (tertiary/aromatic N) is 5. The van der Waals surface area contributed by atoms with E-state index < -0.39 is 11.2 Å². The molecular formula is C21H25N5O3. The zero-order valence-corrected chi connectivity index (χ0v) is 16.7. The number of likely N-dealkylation sites (N-methyl/N-ethyl adjacent to an activating group) is 1. The first-order chi connectivity index (χ1) is 14.0. The van der Waals surface area contributed by atoms with Gasteiger partial charge in [0.15, 0.2) is 11.2 Å². The van der Waals surface area contributed by atoms with Crippen molar-refractivity contribution in [2.45, 2.75) is 44.8 Å². The second-order valence-corrected chi connectivity index (χ2v) is 7.80. The first-order valence-electron chi connectivity index (χ1n) is 9.91. The van der Waals surface area contributed by atoms with E-state index in [4.69, 9.17) is 0 Å². The van der Waals surface area contributed by atoms with Crippen molar-refractivity contribution in [1.82, 2.24) is 23.6 Å². The Bertz CT molecular complexity index is 1150. The number of hydrogen-bond acceptors (Lipinski definition) is 4. The smallest absolute Gasteiger partial charge is 0.333 e. The quantitative estimate of drug-likeness (QED) is 0.657. The lowest BCUT2D eigenvalue weighted by molar-refractivity contribution is -0.129. The van der Waals surface area contributed by atoms with Gasteiger partial charge in [0, 0.05) is 20.1 Å². The normalized spacial score (nSPS) is 14.6. The predicted molar refractivity (Wildman–Crippen MR) is 110 cm³/mol. The van der Waals surface area contributed by atoms with Gasteiger partial charge in [0.25, 0.3) is 5.56 Å². The molecule has 0 saturated heterocycles. The van der Waals surface area contributed by atoms with Gasteiger partial charge in [-0.3, -0.25) is 14.2 Å². The van der Waals surface area contributed by atoms with Crippen LogP contribution in [0.4, 0.5) is 0 Å². The molecule has 1 aromatic carbocycles. The summed E-state index contributed by atoms with van der Waals surface area (Å²) in [7, 11) is 3.22. The summed E-state index contributed by atoms with van der Waals surface area (Å²) in [5, 5.41) is 0. The van der Waals surface area contributed by atoms with Crippen molar-refractivity contribution < 1.29 is 4.79 Å². The Morgan fingerprint density at radius 1 is 1.10 bits per heavy atom.